The Bertz CT molecular complexity index is 409. The lowest BCUT2D eigenvalue weighted by Gasteiger charge is -2.24. The molecule has 1 atom stereocenters. The van der Waals surface area contributed by atoms with Gasteiger partial charge in [-0.25, -0.2) is 15.3 Å². The fourth-order valence-electron chi connectivity index (χ4n) is 1.14. The number of amides is 1. The van der Waals surface area contributed by atoms with Gasteiger partial charge in [-0.15, -0.1) is 0 Å². The van der Waals surface area contributed by atoms with Gasteiger partial charge >= 0.3 is 17.9 Å². The van der Waals surface area contributed by atoms with E-state index in [1.807, 2.05) is 0 Å². The van der Waals surface area contributed by atoms with Crippen molar-refractivity contribution in [1.29, 1.82) is 0 Å². The highest BCUT2D eigenvalue weighted by atomic mass is 16.4. The van der Waals surface area contributed by atoms with Crippen molar-refractivity contribution >= 4 is 23.8 Å². The van der Waals surface area contributed by atoms with Gasteiger partial charge < -0.3 is 20.2 Å². The zero-order valence-corrected chi connectivity index (χ0v) is 10.3. The largest absolute Gasteiger partial charge is 0.480 e. The van der Waals surface area contributed by atoms with E-state index in [-0.39, 0.29) is 0 Å². The molecular formula is C10H14N3O7. The van der Waals surface area contributed by atoms with Gasteiger partial charge in [-0.3, -0.25) is 14.9 Å². The second-order valence-corrected chi connectivity index (χ2v) is 3.63. The van der Waals surface area contributed by atoms with Crippen LogP contribution in [0.2, 0.25) is 0 Å². The molecular weight excluding hydrogens is 274 g/mol. The monoisotopic (exact) mass is 288 g/mol. The number of carbonyl (C=O) groups is 4. The second-order valence-electron chi connectivity index (χ2n) is 3.63. The molecule has 0 aromatic carbocycles. The molecule has 5 N–H and O–H groups in total. The number of nitrogens with zero attached hydrogens (tertiary/aromatic N) is 1. The number of aliphatic carboxylic acids is 3. The highest BCUT2D eigenvalue weighted by Crippen LogP contribution is 1.95. The van der Waals surface area contributed by atoms with Crippen molar-refractivity contribution in [3.8, 4) is 0 Å². The third-order valence-electron chi connectivity index (χ3n) is 2.17. The molecule has 0 saturated carbocycles. The number of carboxylic acids is 3. The molecule has 0 aliphatic heterocycles. The molecule has 0 aliphatic rings. The van der Waals surface area contributed by atoms with E-state index >= 15 is 0 Å². The smallest absolute Gasteiger partial charge is 0.332 e. The van der Waals surface area contributed by atoms with Gasteiger partial charge in [-0.2, -0.15) is 0 Å². The molecule has 0 heterocycles. The zero-order valence-electron chi connectivity index (χ0n) is 10.3. The quantitative estimate of drug-likeness (QED) is 0.211. The molecule has 10 nitrogen and oxygen atoms in total. The van der Waals surface area contributed by atoms with Crippen molar-refractivity contribution in [3.05, 3.63) is 12.7 Å². The van der Waals surface area contributed by atoms with Crippen molar-refractivity contribution < 1.29 is 34.5 Å². The van der Waals surface area contributed by atoms with E-state index in [0.29, 0.717) is 0 Å². The van der Waals surface area contributed by atoms with Gasteiger partial charge in [0.25, 0.3) is 0 Å². The van der Waals surface area contributed by atoms with Crippen molar-refractivity contribution in [3.63, 3.8) is 0 Å². The predicted octanol–water partition coefficient (Wildman–Crippen LogP) is -2.18. The Kier molecular flexibility index (Phi) is 6.89. The number of nitrogens with one attached hydrogen (secondary N) is 2. The summed E-state index contributed by atoms with van der Waals surface area (Å²) in [5.74, 6) is -5.56. The van der Waals surface area contributed by atoms with Crippen LogP contribution in [-0.4, -0.2) is 69.3 Å². The highest BCUT2D eigenvalue weighted by molar-refractivity contribution is 5.97. The number of rotatable bonds is 9. The maximum Gasteiger partial charge on any atom is 0.332 e. The Balaban J connectivity index is 4.78. The molecule has 0 saturated heterocycles. The minimum absolute atomic E-state index is 0.543. The Labute approximate surface area is 113 Å². The van der Waals surface area contributed by atoms with E-state index < -0.39 is 49.1 Å². The fraction of sp³-hybridized carbons (Fsp3) is 0.400. The SMILES string of the molecule is C=CC(=O)N(CNC(C(=O)O)C(=O)O)CC([NH])C(=O)O. The maximum atomic E-state index is 11.4. The van der Waals surface area contributed by atoms with Crippen molar-refractivity contribution in [2.75, 3.05) is 13.2 Å². The molecule has 20 heavy (non-hydrogen) atoms. The van der Waals surface area contributed by atoms with Crippen LogP contribution in [0.5, 0.6) is 0 Å². The molecule has 0 aromatic heterocycles. The molecule has 111 valence electrons. The Morgan fingerprint density at radius 2 is 1.65 bits per heavy atom. The predicted molar refractivity (Wildman–Crippen MR) is 63.5 cm³/mol. The molecule has 1 radical (unpaired) electrons. The second kappa shape index (κ2) is 7.86. The molecule has 0 aliphatic carbocycles. The summed E-state index contributed by atoms with van der Waals surface area (Å²) in [4.78, 5) is 44.0. The van der Waals surface area contributed by atoms with Crippen LogP contribution in [0, 0.1) is 0 Å². The first kappa shape index (κ1) is 17.5. The number of carboxylic acid groups (broad SMARTS) is 3. The van der Waals surface area contributed by atoms with Crippen LogP contribution in [0.1, 0.15) is 0 Å². The fourth-order valence-corrected chi connectivity index (χ4v) is 1.14. The lowest BCUT2D eigenvalue weighted by molar-refractivity contribution is -0.152. The van der Waals surface area contributed by atoms with E-state index in [0.717, 1.165) is 11.0 Å². The lowest BCUT2D eigenvalue weighted by Crippen LogP contribution is -2.51. The first-order valence-electron chi connectivity index (χ1n) is 5.25. The summed E-state index contributed by atoms with van der Waals surface area (Å²) in [6.07, 6.45) is 0.840. The third kappa shape index (κ3) is 5.46. The van der Waals surface area contributed by atoms with Gasteiger partial charge in [-0.05, 0) is 6.08 Å². The summed E-state index contributed by atoms with van der Waals surface area (Å²) in [5.41, 5.74) is 7.19. The van der Waals surface area contributed by atoms with Crippen LogP contribution in [-0.2, 0) is 19.2 Å². The summed E-state index contributed by atoms with van der Waals surface area (Å²) in [6.45, 7) is 2.08. The first-order valence-corrected chi connectivity index (χ1v) is 5.25. The van der Waals surface area contributed by atoms with E-state index in [2.05, 4.69) is 11.9 Å². The summed E-state index contributed by atoms with van der Waals surface area (Å²) in [6, 6.07) is -3.60. The van der Waals surface area contributed by atoms with Gasteiger partial charge in [0.15, 0.2) is 0 Å². The zero-order chi connectivity index (χ0) is 15.9. The topological polar surface area (TPSA) is 168 Å². The molecule has 1 amide bonds. The van der Waals surface area contributed by atoms with Crippen molar-refractivity contribution in [2.45, 2.75) is 12.1 Å². The minimum Gasteiger partial charge on any atom is -0.480 e. The van der Waals surface area contributed by atoms with Gasteiger partial charge in [0.1, 0.15) is 6.04 Å². The van der Waals surface area contributed by atoms with Gasteiger partial charge in [0, 0.05) is 6.54 Å². The normalized spacial score (nSPS) is 11.7. The Morgan fingerprint density at radius 3 is 2.00 bits per heavy atom. The number of carbonyl (C=O) groups excluding carboxylic acids is 1. The van der Waals surface area contributed by atoms with Gasteiger partial charge in [-0.1, -0.05) is 6.58 Å². The Morgan fingerprint density at radius 1 is 1.15 bits per heavy atom. The van der Waals surface area contributed by atoms with Gasteiger partial charge in [0.2, 0.25) is 11.9 Å². The van der Waals surface area contributed by atoms with Crippen LogP contribution in [0.25, 0.3) is 0 Å². The average molecular weight is 288 g/mol. The van der Waals surface area contributed by atoms with Crippen molar-refractivity contribution in [2.24, 2.45) is 0 Å². The van der Waals surface area contributed by atoms with E-state index in [9.17, 15) is 19.2 Å². The molecule has 0 rings (SSSR count). The summed E-state index contributed by atoms with van der Waals surface area (Å²) in [5, 5.41) is 27.9. The molecule has 10 heteroatoms. The van der Waals surface area contributed by atoms with E-state index in [1.54, 1.807) is 0 Å². The number of hydrogen-bond donors (Lipinski definition) is 4. The molecule has 0 spiro atoms. The third-order valence-corrected chi connectivity index (χ3v) is 2.17. The van der Waals surface area contributed by atoms with Gasteiger partial charge in [0.05, 0.1) is 6.67 Å². The number of hydrogen-bond acceptors (Lipinski definition) is 5. The van der Waals surface area contributed by atoms with Crippen molar-refractivity contribution in [1.82, 2.24) is 16.0 Å². The summed E-state index contributed by atoms with van der Waals surface area (Å²) >= 11 is 0. The highest BCUT2D eigenvalue weighted by Gasteiger charge is 2.27. The molecule has 0 bridgehead atoms. The molecule has 0 aromatic rings. The molecule has 0 fully saturated rings. The molecule has 1 unspecified atom stereocenters. The summed E-state index contributed by atoms with van der Waals surface area (Å²) < 4.78 is 0. The summed E-state index contributed by atoms with van der Waals surface area (Å²) in [7, 11) is 0. The first-order chi connectivity index (χ1) is 9.20. The maximum absolute atomic E-state index is 11.4. The van der Waals surface area contributed by atoms with Crippen LogP contribution >= 0.6 is 0 Å². The van der Waals surface area contributed by atoms with Crippen LogP contribution in [0.4, 0.5) is 0 Å². The minimum atomic E-state index is -1.95. The van der Waals surface area contributed by atoms with E-state index in [4.69, 9.17) is 21.1 Å². The van der Waals surface area contributed by atoms with Crippen LogP contribution in [0.15, 0.2) is 12.7 Å². The Hall–Kier alpha value is -2.46. The lowest BCUT2D eigenvalue weighted by atomic mass is 10.3. The van der Waals surface area contributed by atoms with Crippen LogP contribution < -0.4 is 11.1 Å². The van der Waals surface area contributed by atoms with E-state index in [1.165, 1.54) is 0 Å². The average Bonchev–Trinajstić information content (AvgIpc) is 2.35. The standard InChI is InChI=1S/C10H14N3O7/c1-2-6(14)13(3-5(11)8(15)16)4-12-7(9(17)18)10(19)20/h2,5,7,11-12H,1,3-4H2,(H,15,16)(H,17,18)(H,19,20). The van der Waals surface area contributed by atoms with Crippen LogP contribution in [0.3, 0.4) is 0 Å².